The van der Waals surface area contributed by atoms with E-state index in [1.807, 2.05) is 0 Å². The summed E-state index contributed by atoms with van der Waals surface area (Å²) in [7, 11) is 0. The van der Waals surface area contributed by atoms with Gasteiger partial charge in [-0.15, -0.1) is 11.6 Å². The highest BCUT2D eigenvalue weighted by Crippen LogP contribution is 2.18. The van der Waals surface area contributed by atoms with Gasteiger partial charge in [0.05, 0.1) is 0 Å². The fourth-order valence-electron chi connectivity index (χ4n) is 1.22. The summed E-state index contributed by atoms with van der Waals surface area (Å²) in [4.78, 5) is 11.6. The van der Waals surface area contributed by atoms with Gasteiger partial charge in [0.15, 0.2) is 6.10 Å². The van der Waals surface area contributed by atoms with E-state index in [0.717, 1.165) is 6.42 Å². The van der Waals surface area contributed by atoms with Gasteiger partial charge in [-0.05, 0) is 31.5 Å². The minimum Gasteiger partial charge on any atom is -0.481 e. The Bertz CT molecular complexity index is 371. The summed E-state index contributed by atoms with van der Waals surface area (Å²) >= 11 is 11.3. The Morgan fingerprint density at radius 1 is 1.53 bits per heavy atom. The van der Waals surface area contributed by atoms with Crippen LogP contribution in [0.2, 0.25) is 5.02 Å². The summed E-state index contributed by atoms with van der Waals surface area (Å²) in [5, 5.41) is 3.32. The Morgan fingerprint density at radius 3 is 2.94 bits per heavy atom. The maximum absolute atomic E-state index is 11.6. The molecule has 17 heavy (non-hydrogen) atoms. The van der Waals surface area contributed by atoms with Gasteiger partial charge in [-0.25, -0.2) is 0 Å². The van der Waals surface area contributed by atoms with Crippen molar-refractivity contribution in [2.75, 3.05) is 12.4 Å². The predicted octanol–water partition coefficient (Wildman–Crippen LogP) is 2.85. The molecule has 1 rings (SSSR count). The Balaban J connectivity index is 2.43. The van der Waals surface area contributed by atoms with Gasteiger partial charge in [0.2, 0.25) is 0 Å². The van der Waals surface area contributed by atoms with Crippen molar-refractivity contribution in [2.45, 2.75) is 19.4 Å². The van der Waals surface area contributed by atoms with Gasteiger partial charge < -0.3 is 10.1 Å². The van der Waals surface area contributed by atoms with E-state index in [1.54, 1.807) is 31.2 Å². The number of ether oxygens (including phenoxy) is 1. The molecule has 0 aromatic heterocycles. The number of amides is 1. The summed E-state index contributed by atoms with van der Waals surface area (Å²) in [6.45, 7) is 2.25. The third kappa shape index (κ3) is 5.29. The minimum atomic E-state index is -0.552. The lowest BCUT2D eigenvalue weighted by atomic mass is 10.3. The van der Waals surface area contributed by atoms with Crippen LogP contribution in [0.4, 0.5) is 0 Å². The van der Waals surface area contributed by atoms with Crippen molar-refractivity contribution in [1.29, 1.82) is 0 Å². The monoisotopic (exact) mass is 275 g/mol. The van der Waals surface area contributed by atoms with Gasteiger partial charge >= 0.3 is 0 Å². The molecule has 1 atom stereocenters. The number of rotatable bonds is 6. The second kappa shape index (κ2) is 7.41. The molecule has 94 valence electrons. The van der Waals surface area contributed by atoms with E-state index in [-0.39, 0.29) is 5.91 Å². The number of nitrogens with one attached hydrogen (secondary N) is 1. The standard InChI is InChI=1S/C12H15Cl2NO2/c1-9(12(16)15-7-3-6-13)17-11-5-2-4-10(14)8-11/h2,4-5,8-9H,3,6-7H2,1H3,(H,15,16). The highest BCUT2D eigenvalue weighted by atomic mass is 35.5. The molecule has 1 aromatic rings. The number of carbonyl (C=O) groups excluding carboxylic acids is 1. The van der Waals surface area contributed by atoms with Crippen LogP contribution in [-0.4, -0.2) is 24.4 Å². The van der Waals surface area contributed by atoms with Gasteiger partial charge in [0, 0.05) is 17.4 Å². The Morgan fingerprint density at radius 2 is 2.29 bits per heavy atom. The summed E-state index contributed by atoms with van der Waals surface area (Å²) in [6, 6.07) is 6.95. The minimum absolute atomic E-state index is 0.157. The van der Waals surface area contributed by atoms with Crippen LogP contribution in [0.15, 0.2) is 24.3 Å². The first-order valence-corrected chi connectivity index (χ1v) is 6.30. The predicted molar refractivity (Wildman–Crippen MR) is 69.9 cm³/mol. The van der Waals surface area contributed by atoms with Crippen LogP contribution >= 0.6 is 23.2 Å². The topological polar surface area (TPSA) is 38.3 Å². The SMILES string of the molecule is CC(Oc1cccc(Cl)c1)C(=O)NCCCCl. The van der Waals surface area contributed by atoms with Gasteiger partial charge in [-0.2, -0.15) is 0 Å². The van der Waals surface area contributed by atoms with E-state index in [1.165, 1.54) is 0 Å². The van der Waals surface area contributed by atoms with Crippen molar-refractivity contribution >= 4 is 29.1 Å². The lowest BCUT2D eigenvalue weighted by Gasteiger charge is -2.14. The van der Waals surface area contributed by atoms with E-state index in [2.05, 4.69) is 5.32 Å². The van der Waals surface area contributed by atoms with Crippen LogP contribution in [0, 0.1) is 0 Å². The Hall–Kier alpha value is -0.930. The Labute approximate surface area is 111 Å². The number of benzene rings is 1. The molecule has 0 radical (unpaired) electrons. The molecule has 3 nitrogen and oxygen atoms in total. The molecule has 0 aliphatic heterocycles. The highest BCUT2D eigenvalue weighted by Gasteiger charge is 2.13. The van der Waals surface area contributed by atoms with Gasteiger partial charge in [-0.3, -0.25) is 4.79 Å². The van der Waals surface area contributed by atoms with Crippen molar-refractivity contribution in [3.63, 3.8) is 0 Å². The van der Waals surface area contributed by atoms with Crippen LogP contribution in [0.3, 0.4) is 0 Å². The highest BCUT2D eigenvalue weighted by molar-refractivity contribution is 6.30. The second-order valence-corrected chi connectivity index (χ2v) is 4.37. The maximum atomic E-state index is 11.6. The zero-order chi connectivity index (χ0) is 12.7. The summed E-state index contributed by atoms with van der Waals surface area (Å²) < 4.78 is 5.46. The normalized spacial score (nSPS) is 11.9. The summed E-state index contributed by atoms with van der Waals surface area (Å²) in [5.74, 6) is 0.955. The van der Waals surface area contributed by atoms with Crippen molar-refractivity contribution < 1.29 is 9.53 Å². The molecule has 0 saturated carbocycles. The largest absolute Gasteiger partial charge is 0.481 e. The molecule has 5 heteroatoms. The van der Waals surface area contributed by atoms with Gasteiger partial charge in [-0.1, -0.05) is 17.7 Å². The van der Waals surface area contributed by atoms with E-state index >= 15 is 0 Å². The Kier molecular flexibility index (Phi) is 6.16. The zero-order valence-electron chi connectivity index (χ0n) is 9.58. The zero-order valence-corrected chi connectivity index (χ0v) is 11.1. The van der Waals surface area contributed by atoms with Crippen LogP contribution in [0.5, 0.6) is 5.75 Å². The van der Waals surface area contributed by atoms with Crippen molar-refractivity contribution in [3.05, 3.63) is 29.3 Å². The molecule has 1 amide bonds. The molecule has 0 aliphatic carbocycles. The average molecular weight is 276 g/mol. The number of alkyl halides is 1. The third-order valence-electron chi connectivity index (χ3n) is 2.09. The molecule has 1 N–H and O–H groups in total. The lowest BCUT2D eigenvalue weighted by Crippen LogP contribution is -2.36. The first-order chi connectivity index (χ1) is 8.13. The van der Waals surface area contributed by atoms with Crippen LogP contribution in [0.1, 0.15) is 13.3 Å². The molecule has 0 heterocycles. The van der Waals surface area contributed by atoms with Crippen LogP contribution in [0.25, 0.3) is 0 Å². The van der Waals surface area contributed by atoms with Crippen molar-refractivity contribution in [1.82, 2.24) is 5.32 Å². The molecule has 0 bridgehead atoms. The van der Waals surface area contributed by atoms with Crippen molar-refractivity contribution in [2.24, 2.45) is 0 Å². The molecule has 1 unspecified atom stereocenters. The second-order valence-electron chi connectivity index (χ2n) is 3.55. The number of carbonyl (C=O) groups is 1. The van der Waals surface area contributed by atoms with Crippen molar-refractivity contribution in [3.8, 4) is 5.75 Å². The van der Waals surface area contributed by atoms with Gasteiger partial charge in [0.25, 0.3) is 5.91 Å². The quantitative estimate of drug-likeness (QED) is 0.641. The molecule has 0 aliphatic rings. The van der Waals surface area contributed by atoms with E-state index in [9.17, 15) is 4.79 Å². The summed E-state index contributed by atoms with van der Waals surface area (Å²) in [5.41, 5.74) is 0. The third-order valence-corrected chi connectivity index (χ3v) is 2.59. The van der Waals surface area contributed by atoms with E-state index < -0.39 is 6.10 Å². The summed E-state index contributed by atoms with van der Waals surface area (Å²) in [6.07, 6.45) is 0.195. The van der Waals surface area contributed by atoms with Crippen LogP contribution < -0.4 is 10.1 Å². The van der Waals surface area contributed by atoms with E-state index in [4.69, 9.17) is 27.9 Å². The molecule has 1 aromatic carbocycles. The maximum Gasteiger partial charge on any atom is 0.260 e. The molecule has 0 spiro atoms. The number of halogens is 2. The molecular formula is C12H15Cl2NO2. The first kappa shape index (κ1) is 14.1. The van der Waals surface area contributed by atoms with Gasteiger partial charge in [0.1, 0.15) is 5.75 Å². The fraction of sp³-hybridized carbons (Fsp3) is 0.417. The lowest BCUT2D eigenvalue weighted by molar-refractivity contribution is -0.127. The molecule has 0 saturated heterocycles. The van der Waals surface area contributed by atoms with Crippen LogP contribution in [-0.2, 0) is 4.79 Å². The smallest absolute Gasteiger partial charge is 0.260 e. The number of hydrogen-bond donors (Lipinski definition) is 1. The van der Waals surface area contributed by atoms with E-state index in [0.29, 0.717) is 23.2 Å². The fourth-order valence-corrected chi connectivity index (χ4v) is 1.53. The average Bonchev–Trinajstić information content (AvgIpc) is 2.29. The number of hydrogen-bond acceptors (Lipinski definition) is 2. The molecule has 0 fully saturated rings. The first-order valence-electron chi connectivity index (χ1n) is 5.39. The molecular weight excluding hydrogens is 261 g/mol.